The number of nitrogens with zero attached hydrogens (tertiary/aromatic N) is 3. The summed E-state index contributed by atoms with van der Waals surface area (Å²) in [5, 5.41) is 9.64. The molecule has 0 saturated heterocycles. The van der Waals surface area contributed by atoms with Gasteiger partial charge in [0.1, 0.15) is 0 Å². The molecule has 0 aliphatic rings. The van der Waals surface area contributed by atoms with Crippen molar-refractivity contribution in [3.05, 3.63) is 89.6 Å². The SMILES string of the molecule is O=S(=O)(N[C@@H](CCSc1nnc2ccccn12)c1ccccc1)c1ccc(Cl)cc1. The Morgan fingerprint density at radius 1 is 0.967 bits per heavy atom. The molecule has 0 aliphatic carbocycles. The Bertz CT molecular complexity index is 1230. The summed E-state index contributed by atoms with van der Waals surface area (Å²) in [6, 6.07) is 21.1. The van der Waals surface area contributed by atoms with E-state index in [2.05, 4.69) is 14.9 Å². The molecule has 0 spiro atoms. The van der Waals surface area contributed by atoms with Gasteiger partial charge in [-0.25, -0.2) is 13.1 Å². The number of sulfonamides is 1. The zero-order valence-corrected chi connectivity index (χ0v) is 18.2. The Hall–Kier alpha value is -2.39. The summed E-state index contributed by atoms with van der Waals surface area (Å²) in [4.78, 5) is 0.184. The highest BCUT2D eigenvalue weighted by Crippen LogP contribution is 2.25. The van der Waals surface area contributed by atoms with Gasteiger partial charge in [-0.05, 0) is 48.4 Å². The molecule has 2 aromatic heterocycles. The molecule has 0 amide bonds. The number of benzene rings is 2. The number of hydrogen-bond donors (Lipinski definition) is 1. The van der Waals surface area contributed by atoms with Crippen molar-refractivity contribution in [3.8, 4) is 0 Å². The molecule has 4 aromatic rings. The Labute approximate surface area is 184 Å². The monoisotopic (exact) mass is 458 g/mol. The molecular formula is C21H19ClN4O2S2. The lowest BCUT2D eigenvalue weighted by atomic mass is 10.1. The summed E-state index contributed by atoms with van der Waals surface area (Å²) in [6.45, 7) is 0. The van der Waals surface area contributed by atoms with Crippen LogP contribution in [-0.4, -0.2) is 28.8 Å². The highest BCUT2D eigenvalue weighted by molar-refractivity contribution is 7.99. The minimum Gasteiger partial charge on any atom is -0.277 e. The summed E-state index contributed by atoms with van der Waals surface area (Å²) in [6.07, 6.45) is 2.50. The maximum atomic E-state index is 12.9. The van der Waals surface area contributed by atoms with E-state index in [1.807, 2.05) is 59.1 Å². The summed E-state index contributed by atoms with van der Waals surface area (Å²) < 4.78 is 30.6. The van der Waals surface area contributed by atoms with Gasteiger partial charge in [-0.2, -0.15) is 0 Å². The van der Waals surface area contributed by atoms with Crippen molar-refractivity contribution >= 4 is 39.0 Å². The zero-order chi connectivity index (χ0) is 21.0. The number of nitrogens with one attached hydrogen (secondary N) is 1. The van der Waals surface area contributed by atoms with Crippen molar-refractivity contribution in [3.63, 3.8) is 0 Å². The van der Waals surface area contributed by atoms with Gasteiger partial charge in [0.25, 0.3) is 0 Å². The molecule has 154 valence electrons. The average Bonchev–Trinajstić information content (AvgIpc) is 3.17. The van der Waals surface area contributed by atoms with Gasteiger partial charge in [0.05, 0.1) is 4.90 Å². The molecule has 0 aliphatic heterocycles. The normalized spacial score (nSPS) is 12.8. The lowest BCUT2D eigenvalue weighted by Gasteiger charge is -2.19. The van der Waals surface area contributed by atoms with Gasteiger partial charge >= 0.3 is 0 Å². The predicted octanol–water partition coefficient (Wildman–Crippen LogP) is 4.58. The van der Waals surface area contributed by atoms with Crippen molar-refractivity contribution in [2.24, 2.45) is 0 Å². The first-order chi connectivity index (χ1) is 14.5. The van der Waals surface area contributed by atoms with Crippen LogP contribution in [0, 0.1) is 0 Å². The second-order valence-electron chi connectivity index (χ2n) is 6.59. The standard InChI is InChI=1S/C21H19ClN4O2S2/c22-17-9-11-18(12-10-17)30(27,28)25-19(16-6-2-1-3-7-16)13-15-29-21-24-23-20-8-4-5-14-26(20)21/h1-12,14,19,25H,13,15H2/t19-/m0/s1. The molecule has 6 nitrogen and oxygen atoms in total. The van der Waals surface area contributed by atoms with Crippen molar-refractivity contribution < 1.29 is 8.42 Å². The van der Waals surface area contributed by atoms with Crippen LogP contribution in [0.3, 0.4) is 0 Å². The van der Waals surface area contributed by atoms with Crippen LogP contribution < -0.4 is 4.72 Å². The van der Waals surface area contributed by atoms with Crippen LogP contribution in [-0.2, 0) is 10.0 Å². The fraction of sp³-hybridized carbons (Fsp3) is 0.143. The Morgan fingerprint density at radius 2 is 1.70 bits per heavy atom. The van der Waals surface area contributed by atoms with Crippen LogP contribution in [0.4, 0.5) is 0 Å². The van der Waals surface area contributed by atoms with Crippen LogP contribution in [0.5, 0.6) is 0 Å². The largest absolute Gasteiger partial charge is 0.277 e. The lowest BCUT2D eigenvalue weighted by molar-refractivity contribution is 0.551. The van der Waals surface area contributed by atoms with Gasteiger partial charge in [-0.3, -0.25) is 4.40 Å². The second kappa shape index (κ2) is 9.18. The third kappa shape index (κ3) is 4.84. The fourth-order valence-electron chi connectivity index (χ4n) is 3.03. The third-order valence-corrected chi connectivity index (χ3v) is 7.26. The van der Waals surface area contributed by atoms with Gasteiger partial charge in [-0.1, -0.05) is 59.8 Å². The quantitative estimate of drug-likeness (QED) is 0.391. The van der Waals surface area contributed by atoms with E-state index in [1.165, 1.54) is 12.1 Å². The van der Waals surface area contributed by atoms with E-state index in [1.54, 1.807) is 23.9 Å². The topological polar surface area (TPSA) is 76.4 Å². The predicted molar refractivity (Wildman–Crippen MR) is 119 cm³/mol. The minimum absolute atomic E-state index is 0.184. The fourth-order valence-corrected chi connectivity index (χ4v) is 5.35. The Kier molecular flexibility index (Phi) is 6.38. The molecule has 2 heterocycles. The number of fused-ring (bicyclic) bond motifs is 1. The van der Waals surface area contributed by atoms with Crippen molar-refractivity contribution in [2.45, 2.75) is 22.5 Å². The first-order valence-electron chi connectivity index (χ1n) is 9.28. The molecule has 0 fully saturated rings. The molecule has 30 heavy (non-hydrogen) atoms. The van der Waals surface area contributed by atoms with Gasteiger partial charge in [0, 0.05) is 23.0 Å². The zero-order valence-electron chi connectivity index (χ0n) is 15.8. The number of halogens is 1. The summed E-state index contributed by atoms with van der Waals surface area (Å²) in [5.74, 6) is 0.665. The molecule has 4 rings (SSSR count). The van der Waals surface area contributed by atoms with E-state index in [0.717, 1.165) is 16.4 Å². The number of hydrogen-bond acceptors (Lipinski definition) is 5. The summed E-state index contributed by atoms with van der Waals surface area (Å²) >= 11 is 7.43. The molecule has 2 aromatic carbocycles. The first-order valence-corrected chi connectivity index (χ1v) is 12.1. The van der Waals surface area contributed by atoms with Crippen LogP contribution in [0.25, 0.3) is 5.65 Å². The van der Waals surface area contributed by atoms with E-state index >= 15 is 0 Å². The number of thioether (sulfide) groups is 1. The van der Waals surface area contributed by atoms with Crippen molar-refractivity contribution in [1.82, 2.24) is 19.3 Å². The number of rotatable bonds is 8. The highest BCUT2D eigenvalue weighted by atomic mass is 35.5. The first kappa shape index (κ1) is 20.9. The highest BCUT2D eigenvalue weighted by Gasteiger charge is 2.21. The van der Waals surface area contributed by atoms with E-state index in [-0.39, 0.29) is 10.9 Å². The molecular weight excluding hydrogens is 440 g/mol. The molecule has 0 radical (unpaired) electrons. The van der Waals surface area contributed by atoms with Crippen LogP contribution in [0.2, 0.25) is 5.02 Å². The van der Waals surface area contributed by atoms with E-state index in [0.29, 0.717) is 17.2 Å². The van der Waals surface area contributed by atoms with Gasteiger partial charge in [-0.15, -0.1) is 10.2 Å². The molecule has 0 bridgehead atoms. The summed E-state index contributed by atoms with van der Waals surface area (Å²) in [7, 11) is -3.69. The van der Waals surface area contributed by atoms with E-state index in [9.17, 15) is 8.42 Å². The minimum atomic E-state index is -3.69. The number of aromatic nitrogens is 3. The molecule has 1 N–H and O–H groups in total. The maximum Gasteiger partial charge on any atom is 0.241 e. The Balaban J connectivity index is 1.51. The Morgan fingerprint density at radius 3 is 2.47 bits per heavy atom. The average molecular weight is 459 g/mol. The number of pyridine rings is 1. The third-order valence-electron chi connectivity index (χ3n) is 4.54. The second-order valence-corrected chi connectivity index (χ2v) is 9.80. The van der Waals surface area contributed by atoms with Crippen LogP contribution in [0.15, 0.2) is 89.0 Å². The van der Waals surface area contributed by atoms with Crippen LogP contribution in [0.1, 0.15) is 18.0 Å². The summed E-state index contributed by atoms with van der Waals surface area (Å²) in [5.41, 5.74) is 1.68. The van der Waals surface area contributed by atoms with E-state index < -0.39 is 10.0 Å². The smallest absolute Gasteiger partial charge is 0.241 e. The molecule has 1 atom stereocenters. The van der Waals surface area contributed by atoms with Crippen molar-refractivity contribution in [1.29, 1.82) is 0 Å². The van der Waals surface area contributed by atoms with Crippen molar-refractivity contribution in [2.75, 3.05) is 5.75 Å². The van der Waals surface area contributed by atoms with E-state index in [4.69, 9.17) is 11.6 Å². The molecule has 0 unspecified atom stereocenters. The van der Waals surface area contributed by atoms with Gasteiger partial charge in [0.15, 0.2) is 10.8 Å². The van der Waals surface area contributed by atoms with Gasteiger partial charge in [0.2, 0.25) is 10.0 Å². The van der Waals surface area contributed by atoms with Gasteiger partial charge < -0.3 is 0 Å². The molecule has 0 saturated carbocycles. The maximum absolute atomic E-state index is 12.9. The lowest BCUT2D eigenvalue weighted by Crippen LogP contribution is -2.29. The van der Waals surface area contributed by atoms with Crippen LogP contribution >= 0.6 is 23.4 Å². The molecule has 9 heteroatoms.